The van der Waals surface area contributed by atoms with E-state index in [1.54, 1.807) is 13.3 Å². The fourth-order valence-electron chi connectivity index (χ4n) is 3.35. The highest BCUT2D eigenvalue weighted by molar-refractivity contribution is 6.62. The Labute approximate surface area is 165 Å². The minimum Gasteiger partial charge on any atom is -0.496 e. The molecule has 7 heteroatoms. The lowest BCUT2D eigenvalue weighted by Gasteiger charge is -2.32. The number of aromatic nitrogens is 2. The maximum atomic E-state index is 6.20. The monoisotopic (exact) mass is 377 g/mol. The lowest BCUT2D eigenvalue weighted by atomic mass is 9.77. The van der Waals surface area contributed by atoms with Gasteiger partial charge in [0, 0.05) is 16.3 Å². The maximum absolute atomic E-state index is 6.20. The number of ether oxygens (including phenoxy) is 1. The Morgan fingerprint density at radius 2 is 1.71 bits per heavy atom. The Kier molecular flexibility index (Phi) is 4.32. The van der Waals surface area contributed by atoms with Crippen LogP contribution in [-0.2, 0) is 9.31 Å². The fraction of sp³-hybridized carbons (Fsp3) is 0.333. The summed E-state index contributed by atoms with van der Waals surface area (Å²) < 4.78 is 18.0. The second kappa shape index (κ2) is 6.46. The molecule has 3 aromatic rings. The first-order chi connectivity index (χ1) is 13.2. The molecule has 0 atom stereocenters. The number of methoxy groups -OCH3 is 1. The van der Waals surface area contributed by atoms with Crippen molar-refractivity contribution >= 4 is 29.2 Å². The van der Waals surface area contributed by atoms with E-state index in [2.05, 4.69) is 16.3 Å². The van der Waals surface area contributed by atoms with E-state index < -0.39 is 18.3 Å². The van der Waals surface area contributed by atoms with Gasteiger partial charge in [-0.05, 0) is 56.9 Å². The van der Waals surface area contributed by atoms with Gasteiger partial charge in [-0.25, -0.2) is 0 Å². The molecule has 28 heavy (non-hydrogen) atoms. The molecule has 0 spiro atoms. The molecular weight excluding hydrogens is 353 g/mol. The zero-order valence-electron chi connectivity index (χ0n) is 16.8. The minimum atomic E-state index is -0.434. The highest BCUT2D eigenvalue weighted by atomic mass is 16.7. The van der Waals surface area contributed by atoms with Crippen LogP contribution in [0.5, 0.6) is 5.75 Å². The van der Waals surface area contributed by atoms with E-state index in [4.69, 9.17) is 19.8 Å². The maximum Gasteiger partial charge on any atom is 0.494 e. The van der Waals surface area contributed by atoms with Crippen LogP contribution >= 0.6 is 0 Å². The van der Waals surface area contributed by atoms with Crippen molar-refractivity contribution in [3.63, 3.8) is 0 Å². The summed E-state index contributed by atoms with van der Waals surface area (Å²) >= 11 is 0. The molecule has 4 rings (SSSR count). The normalized spacial score (nSPS) is 17.8. The number of rotatable bonds is 3. The number of nitrogen functional groups attached to an aromatic ring is 1. The molecule has 0 amide bonds. The smallest absolute Gasteiger partial charge is 0.494 e. The molecule has 1 aliphatic rings. The third kappa shape index (κ3) is 3.00. The van der Waals surface area contributed by atoms with E-state index in [1.807, 2.05) is 58.0 Å². The van der Waals surface area contributed by atoms with E-state index in [-0.39, 0.29) is 0 Å². The summed E-state index contributed by atoms with van der Waals surface area (Å²) in [5.41, 5.74) is 8.04. The second-order valence-corrected chi connectivity index (χ2v) is 8.08. The molecule has 0 saturated carbocycles. The summed E-state index contributed by atoms with van der Waals surface area (Å²) in [5, 5.41) is 9.66. The standard InChI is InChI=1S/C21H24BN3O3/c1-20(2)21(3,4)28-22(27-20)15-7-9-18(26-5)17(11-15)13-6-8-16-14(10-13)12-24-25-19(16)23/h6-12H,1-5H3,(H2,23,25). The highest BCUT2D eigenvalue weighted by Crippen LogP contribution is 2.38. The first-order valence-electron chi connectivity index (χ1n) is 9.27. The van der Waals surface area contributed by atoms with Gasteiger partial charge in [0.15, 0.2) is 5.82 Å². The predicted octanol–water partition coefficient (Wildman–Crippen LogP) is 3.19. The van der Waals surface area contributed by atoms with E-state index >= 15 is 0 Å². The number of nitrogens with zero attached hydrogens (tertiary/aromatic N) is 2. The van der Waals surface area contributed by atoms with Crippen LogP contribution in [0.15, 0.2) is 42.6 Å². The number of anilines is 1. The van der Waals surface area contributed by atoms with E-state index in [1.165, 1.54) is 0 Å². The molecule has 0 bridgehead atoms. The topological polar surface area (TPSA) is 79.5 Å². The summed E-state index contributed by atoms with van der Waals surface area (Å²) in [6.07, 6.45) is 1.71. The number of nitrogens with two attached hydrogens (primary N) is 1. The minimum absolute atomic E-state index is 0.392. The van der Waals surface area contributed by atoms with Gasteiger partial charge in [-0.1, -0.05) is 18.2 Å². The quantitative estimate of drug-likeness (QED) is 0.707. The van der Waals surface area contributed by atoms with Gasteiger partial charge in [0.2, 0.25) is 0 Å². The summed E-state index contributed by atoms with van der Waals surface area (Å²) in [7, 11) is 1.23. The van der Waals surface area contributed by atoms with Crippen molar-refractivity contribution in [3.05, 3.63) is 42.6 Å². The average molecular weight is 377 g/mol. The Balaban J connectivity index is 1.78. The lowest BCUT2D eigenvalue weighted by molar-refractivity contribution is 0.00578. The Hall–Kier alpha value is -2.64. The van der Waals surface area contributed by atoms with Crippen LogP contribution in [0.2, 0.25) is 0 Å². The van der Waals surface area contributed by atoms with Crippen molar-refractivity contribution in [1.29, 1.82) is 0 Å². The summed E-state index contributed by atoms with van der Waals surface area (Å²) in [4.78, 5) is 0. The van der Waals surface area contributed by atoms with Crippen LogP contribution in [0.25, 0.3) is 21.9 Å². The molecular formula is C21H24BN3O3. The molecule has 144 valence electrons. The van der Waals surface area contributed by atoms with E-state index in [0.717, 1.165) is 33.1 Å². The van der Waals surface area contributed by atoms with Gasteiger partial charge in [0.05, 0.1) is 24.5 Å². The molecule has 0 unspecified atom stereocenters. The van der Waals surface area contributed by atoms with Gasteiger partial charge in [-0.2, -0.15) is 5.10 Å². The third-order valence-electron chi connectivity index (χ3n) is 5.75. The van der Waals surface area contributed by atoms with Crippen LogP contribution in [0.3, 0.4) is 0 Å². The van der Waals surface area contributed by atoms with E-state index in [9.17, 15) is 0 Å². The molecule has 1 aromatic heterocycles. The molecule has 2 heterocycles. The number of hydrogen-bond donors (Lipinski definition) is 1. The van der Waals surface area contributed by atoms with Gasteiger partial charge < -0.3 is 19.8 Å². The molecule has 0 aliphatic carbocycles. The fourth-order valence-corrected chi connectivity index (χ4v) is 3.35. The molecule has 1 saturated heterocycles. The third-order valence-corrected chi connectivity index (χ3v) is 5.75. The van der Waals surface area contributed by atoms with Crippen molar-refractivity contribution < 1.29 is 14.0 Å². The Morgan fingerprint density at radius 3 is 2.39 bits per heavy atom. The SMILES string of the molecule is COc1ccc(B2OC(C)(C)C(C)(C)O2)cc1-c1ccc2c(N)nncc2c1. The van der Waals surface area contributed by atoms with Gasteiger partial charge in [0.1, 0.15) is 5.75 Å². The predicted molar refractivity (Wildman–Crippen MR) is 112 cm³/mol. The Bertz CT molecular complexity index is 1040. The van der Waals surface area contributed by atoms with Crippen molar-refractivity contribution in [1.82, 2.24) is 10.2 Å². The number of benzene rings is 2. The molecule has 2 N–H and O–H groups in total. The summed E-state index contributed by atoms with van der Waals surface area (Å²) in [6, 6.07) is 12.0. The number of fused-ring (bicyclic) bond motifs is 1. The zero-order valence-corrected chi connectivity index (χ0v) is 16.8. The largest absolute Gasteiger partial charge is 0.496 e. The molecule has 2 aromatic carbocycles. The second-order valence-electron chi connectivity index (χ2n) is 8.08. The van der Waals surface area contributed by atoms with Gasteiger partial charge in [-0.3, -0.25) is 0 Å². The van der Waals surface area contributed by atoms with Crippen LogP contribution < -0.4 is 15.9 Å². The van der Waals surface area contributed by atoms with Crippen molar-refractivity contribution in [2.24, 2.45) is 0 Å². The molecule has 1 fully saturated rings. The first-order valence-corrected chi connectivity index (χ1v) is 9.27. The van der Waals surface area contributed by atoms with E-state index in [0.29, 0.717) is 5.82 Å². The highest BCUT2D eigenvalue weighted by Gasteiger charge is 2.51. The molecule has 0 radical (unpaired) electrons. The molecule has 1 aliphatic heterocycles. The summed E-state index contributed by atoms with van der Waals surface area (Å²) in [5.74, 6) is 1.19. The first kappa shape index (κ1) is 18.7. The van der Waals surface area contributed by atoms with Crippen LogP contribution in [0.1, 0.15) is 27.7 Å². The van der Waals surface area contributed by atoms with Crippen molar-refractivity contribution in [2.45, 2.75) is 38.9 Å². The van der Waals surface area contributed by atoms with Crippen molar-refractivity contribution in [2.75, 3.05) is 12.8 Å². The van der Waals surface area contributed by atoms with Gasteiger partial charge in [-0.15, -0.1) is 5.10 Å². The van der Waals surface area contributed by atoms with Crippen molar-refractivity contribution in [3.8, 4) is 16.9 Å². The van der Waals surface area contributed by atoms with Crippen LogP contribution in [0, 0.1) is 0 Å². The van der Waals surface area contributed by atoms with Gasteiger partial charge in [0.25, 0.3) is 0 Å². The lowest BCUT2D eigenvalue weighted by Crippen LogP contribution is -2.41. The summed E-state index contributed by atoms with van der Waals surface area (Å²) in [6.45, 7) is 8.19. The molecule has 6 nitrogen and oxygen atoms in total. The average Bonchev–Trinajstić information content (AvgIpc) is 2.88. The zero-order chi connectivity index (χ0) is 20.1. The van der Waals surface area contributed by atoms with Gasteiger partial charge >= 0.3 is 7.12 Å². The van der Waals surface area contributed by atoms with Crippen LogP contribution in [-0.4, -0.2) is 35.6 Å². The Morgan fingerprint density at radius 1 is 1.00 bits per heavy atom. The number of hydrogen-bond acceptors (Lipinski definition) is 6. The van der Waals surface area contributed by atoms with Crippen LogP contribution in [0.4, 0.5) is 5.82 Å².